The minimum Gasteiger partial charge on any atom is -0.325 e. The molecule has 1 amide bonds. The largest absolute Gasteiger partial charge is 0.325 e. The molecule has 3 aromatic rings. The van der Waals surface area contributed by atoms with Gasteiger partial charge in [0.15, 0.2) is 17.3 Å². The number of benzene rings is 3. The maximum atomic E-state index is 12.9. The van der Waals surface area contributed by atoms with Crippen LogP contribution >= 0.6 is 0 Å². The van der Waals surface area contributed by atoms with Crippen LogP contribution in [0.2, 0.25) is 0 Å². The first-order chi connectivity index (χ1) is 14.1. The maximum Gasteiger partial charge on any atom is 0.224 e. The fraction of sp³-hybridized carbons (Fsp3) is 0.0833. The van der Waals surface area contributed by atoms with Crippen molar-refractivity contribution in [3.05, 3.63) is 101 Å². The number of anilines is 1. The van der Waals surface area contributed by atoms with E-state index in [0.29, 0.717) is 16.7 Å². The lowest BCUT2D eigenvalue weighted by atomic mass is 9.83. The van der Waals surface area contributed by atoms with E-state index in [-0.39, 0.29) is 52.9 Å². The van der Waals surface area contributed by atoms with E-state index >= 15 is 0 Å². The molecule has 4 rings (SSSR count). The summed E-state index contributed by atoms with van der Waals surface area (Å²) in [5.41, 5.74) is 1.99. The van der Waals surface area contributed by atoms with Gasteiger partial charge in [-0.05, 0) is 6.07 Å². The number of rotatable bonds is 5. The molecule has 0 radical (unpaired) electrons. The van der Waals surface area contributed by atoms with Crippen LogP contribution in [0.1, 0.15) is 55.0 Å². The van der Waals surface area contributed by atoms with Crippen LogP contribution in [0.25, 0.3) is 0 Å². The molecule has 1 aliphatic carbocycles. The highest BCUT2D eigenvalue weighted by Gasteiger charge is 2.31. The third-order valence-electron chi connectivity index (χ3n) is 4.90. The van der Waals surface area contributed by atoms with Crippen molar-refractivity contribution in [2.45, 2.75) is 12.8 Å². The van der Waals surface area contributed by atoms with Crippen molar-refractivity contribution in [3.8, 4) is 0 Å². The number of amides is 1. The highest BCUT2D eigenvalue weighted by atomic mass is 16.2. The standard InChI is InChI=1S/C24H17NO4/c26-20(15-7-2-1-3-8-15)13-14-21(27)25-19-12-6-11-18-22(19)24(29)17-10-5-4-9-16(17)23(18)28/h1-12H,13-14H2,(H,25,27). The molecule has 5 heteroatoms. The van der Waals surface area contributed by atoms with Crippen LogP contribution in [0, 0.1) is 0 Å². The Morgan fingerprint density at radius 2 is 1.28 bits per heavy atom. The molecular formula is C24H17NO4. The molecular weight excluding hydrogens is 366 g/mol. The monoisotopic (exact) mass is 383 g/mol. The van der Waals surface area contributed by atoms with Crippen molar-refractivity contribution < 1.29 is 19.2 Å². The van der Waals surface area contributed by atoms with Gasteiger partial charge < -0.3 is 5.32 Å². The van der Waals surface area contributed by atoms with Gasteiger partial charge in [-0.15, -0.1) is 0 Å². The smallest absolute Gasteiger partial charge is 0.224 e. The van der Waals surface area contributed by atoms with E-state index in [1.807, 2.05) is 6.07 Å². The second kappa shape index (κ2) is 7.64. The molecule has 0 bridgehead atoms. The molecule has 1 aliphatic rings. The molecule has 0 atom stereocenters. The SMILES string of the molecule is O=C(CCC(=O)c1ccccc1)Nc1cccc2c1C(=O)c1ccccc1C2=O. The Bertz CT molecular complexity index is 1150. The zero-order valence-corrected chi connectivity index (χ0v) is 15.5. The number of hydrogen-bond donors (Lipinski definition) is 1. The van der Waals surface area contributed by atoms with Gasteiger partial charge in [0.05, 0.1) is 11.3 Å². The van der Waals surface area contributed by atoms with Crippen LogP contribution < -0.4 is 5.32 Å². The first kappa shape index (κ1) is 18.5. The highest BCUT2D eigenvalue weighted by Crippen LogP contribution is 2.32. The van der Waals surface area contributed by atoms with Gasteiger partial charge in [-0.25, -0.2) is 0 Å². The Balaban J connectivity index is 1.53. The predicted molar refractivity (Wildman–Crippen MR) is 108 cm³/mol. The number of carbonyl (C=O) groups excluding carboxylic acids is 4. The van der Waals surface area contributed by atoms with Gasteiger partial charge in [0.1, 0.15) is 0 Å². The number of Topliss-reactive ketones (excluding diaryl/α,β-unsaturated/α-hetero) is 1. The summed E-state index contributed by atoms with van der Waals surface area (Å²) in [4.78, 5) is 50.3. The Morgan fingerprint density at radius 1 is 0.655 bits per heavy atom. The second-order valence-corrected chi connectivity index (χ2v) is 6.77. The number of nitrogens with one attached hydrogen (secondary N) is 1. The van der Waals surface area contributed by atoms with Crippen molar-refractivity contribution in [1.29, 1.82) is 0 Å². The van der Waals surface area contributed by atoms with E-state index in [1.54, 1.807) is 66.7 Å². The molecule has 0 aliphatic heterocycles. The van der Waals surface area contributed by atoms with Crippen molar-refractivity contribution in [2.24, 2.45) is 0 Å². The van der Waals surface area contributed by atoms with E-state index < -0.39 is 0 Å². The molecule has 0 fully saturated rings. The fourth-order valence-electron chi connectivity index (χ4n) is 3.46. The number of hydrogen-bond acceptors (Lipinski definition) is 4. The molecule has 3 aromatic carbocycles. The Hall–Kier alpha value is -3.86. The molecule has 29 heavy (non-hydrogen) atoms. The zero-order valence-electron chi connectivity index (χ0n) is 15.5. The van der Waals surface area contributed by atoms with Gasteiger partial charge in [-0.2, -0.15) is 0 Å². The van der Waals surface area contributed by atoms with Gasteiger partial charge in [0.2, 0.25) is 5.91 Å². The van der Waals surface area contributed by atoms with Crippen molar-refractivity contribution in [1.82, 2.24) is 0 Å². The molecule has 0 saturated heterocycles. The molecule has 5 nitrogen and oxygen atoms in total. The fourth-order valence-corrected chi connectivity index (χ4v) is 3.46. The summed E-state index contributed by atoms with van der Waals surface area (Å²) in [6.45, 7) is 0. The number of fused-ring (bicyclic) bond motifs is 2. The summed E-state index contributed by atoms with van der Waals surface area (Å²) in [6, 6.07) is 20.2. The normalized spacial score (nSPS) is 12.1. The van der Waals surface area contributed by atoms with Gasteiger partial charge in [0, 0.05) is 35.1 Å². The Kier molecular flexibility index (Phi) is 4.87. The number of ketones is 3. The Labute approximate surface area is 167 Å². The van der Waals surface area contributed by atoms with Crippen molar-refractivity contribution in [3.63, 3.8) is 0 Å². The van der Waals surface area contributed by atoms with Crippen LogP contribution in [-0.2, 0) is 4.79 Å². The lowest BCUT2D eigenvalue weighted by molar-refractivity contribution is -0.116. The van der Waals surface area contributed by atoms with E-state index in [4.69, 9.17) is 0 Å². The van der Waals surface area contributed by atoms with Crippen molar-refractivity contribution >= 4 is 28.9 Å². The summed E-state index contributed by atoms with van der Waals surface area (Å²) in [6.07, 6.45) is 0.0384. The Morgan fingerprint density at radius 3 is 2.00 bits per heavy atom. The molecule has 0 saturated carbocycles. The lowest BCUT2D eigenvalue weighted by Crippen LogP contribution is -2.24. The van der Waals surface area contributed by atoms with E-state index in [2.05, 4.69) is 5.32 Å². The highest BCUT2D eigenvalue weighted by molar-refractivity contribution is 6.30. The van der Waals surface area contributed by atoms with Crippen LogP contribution in [0.5, 0.6) is 0 Å². The average molecular weight is 383 g/mol. The predicted octanol–water partition coefficient (Wildman–Crippen LogP) is 4.06. The quantitative estimate of drug-likeness (QED) is 0.527. The topological polar surface area (TPSA) is 80.3 Å². The summed E-state index contributed by atoms with van der Waals surface area (Å²) < 4.78 is 0. The van der Waals surface area contributed by atoms with Gasteiger partial charge in [-0.3, -0.25) is 19.2 Å². The number of carbonyl (C=O) groups is 4. The molecule has 1 N–H and O–H groups in total. The van der Waals surface area contributed by atoms with Crippen LogP contribution in [0.3, 0.4) is 0 Å². The summed E-state index contributed by atoms with van der Waals surface area (Å²) in [5, 5.41) is 2.69. The molecule has 0 heterocycles. The molecule has 142 valence electrons. The lowest BCUT2D eigenvalue weighted by Gasteiger charge is -2.20. The molecule has 0 aromatic heterocycles. The first-order valence-electron chi connectivity index (χ1n) is 9.26. The summed E-state index contributed by atoms with van der Waals surface area (Å²) >= 11 is 0. The molecule has 0 spiro atoms. The average Bonchev–Trinajstić information content (AvgIpc) is 2.76. The van der Waals surface area contributed by atoms with Crippen LogP contribution in [0.4, 0.5) is 5.69 Å². The molecule has 0 unspecified atom stereocenters. The van der Waals surface area contributed by atoms with Gasteiger partial charge in [-0.1, -0.05) is 66.7 Å². The van der Waals surface area contributed by atoms with E-state index in [9.17, 15) is 19.2 Å². The van der Waals surface area contributed by atoms with Crippen molar-refractivity contribution in [2.75, 3.05) is 5.32 Å². The van der Waals surface area contributed by atoms with Gasteiger partial charge in [0.25, 0.3) is 0 Å². The second-order valence-electron chi connectivity index (χ2n) is 6.77. The third kappa shape index (κ3) is 3.50. The summed E-state index contributed by atoms with van der Waals surface area (Å²) in [5.74, 6) is -1.06. The first-order valence-corrected chi connectivity index (χ1v) is 9.26. The van der Waals surface area contributed by atoms with Crippen LogP contribution in [-0.4, -0.2) is 23.3 Å². The van der Waals surface area contributed by atoms with E-state index in [0.717, 1.165) is 0 Å². The maximum absolute atomic E-state index is 12.9. The minimum atomic E-state index is -0.387. The van der Waals surface area contributed by atoms with E-state index in [1.165, 1.54) is 0 Å². The van der Waals surface area contributed by atoms with Gasteiger partial charge >= 0.3 is 0 Å². The minimum absolute atomic E-state index is 0.0177. The zero-order chi connectivity index (χ0) is 20.4. The van der Waals surface area contributed by atoms with Crippen LogP contribution in [0.15, 0.2) is 72.8 Å². The third-order valence-corrected chi connectivity index (χ3v) is 4.90. The summed E-state index contributed by atoms with van der Waals surface area (Å²) in [7, 11) is 0.